The van der Waals surface area contributed by atoms with Gasteiger partial charge < -0.3 is 19.6 Å². The molecule has 0 radical (unpaired) electrons. The summed E-state index contributed by atoms with van der Waals surface area (Å²) < 4.78 is 23.6. The Morgan fingerprint density at radius 2 is 2.19 bits per heavy atom. The number of hydrogen-bond donors (Lipinski definition) is 2. The number of halogens is 2. The van der Waals surface area contributed by atoms with Gasteiger partial charge in [0.15, 0.2) is 5.76 Å². The van der Waals surface area contributed by atoms with Gasteiger partial charge in [0.1, 0.15) is 23.9 Å². The number of aliphatic hydroxyl groups is 1. The molecule has 0 bridgehead atoms. The molecule has 1 amide bonds. The molecule has 0 aliphatic carbocycles. The zero-order valence-electron chi connectivity index (χ0n) is 10.9. The minimum atomic E-state index is -0.451. The molecule has 0 aliphatic heterocycles. The number of nitrogens with one attached hydrogen (secondary N) is 1. The first-order valence-electron chi connectivity index (χ1n) is 6.16. The summed E-state index contributed by atoms with van der Waals surface area (Å²) in [5.41, 5.74) is 0. The molecule has 0 unspecified atom stereocenters. The van der Waals surface area contributed by atoms with Gasteiger partial charge in [-0.1, -0.05) is 11.6 Å². The number of hydrogen-bond acceptors (Lipinski definition) is 4. The molecule has 0 saturated carbocycles. The van der Waals surface area contributed by atoms with Crippen LogP contribution in [0.3, 0.4) is 0 Å². The number of ether oxygens (including phenoxy) is 1. The Hall–Kier alpha value is -2.05. The number of amides is 1. The van der Waals surface area contributed by atoms with E-state index in [-0.39, 0.29) is 30.5 Å². The average molecular weight is 314 g/mol. The van der Waals surface area contributed by atoms with E-state index in [1.54, 1.807) is 6.07 Å². The second kappa shape index (κ2) is 7.10. The third-order valence-corrected chi connectivity index (χ3v) is 2.84. The van der Waals surface area contributed by atoms with Crippen LogP contribution in [0.4, 0.5) is 4.39 Å². The number of aliphatic hydroxyl groups excluding tert-OH is 1. The van der Waals surface area contributed by atoms with Gasteiger partial charge in [-0.3, -0.25) is 4.79 Å². The Kier molecular flexibility index (Phi) is 5.19. The van der Waals surface area contributed by atoms with Crippen LogP contribution >= 0.6 is 11.6 Å². The molecule has 0 atom stereocenters. The molecule has 2 rings (SSSR count). The molecule has 1 aromatic heterocycles. The van der Waals surface area contributed by atoms with E-state index >= 15 is 0 Å². The van der Waals surface area contributed by atoms with Gasteiger partial charge in [-0.25, -0.2) is 4.39 Å². The zero-order chi connectivity index (χ0) is 15.2. The second-order valence-corrected chi connectivity index (χ2v) is 4.52. The van der Waals surface area contributed by atoms with Crippen molar-refractivity contribution in [3.63, 3.8) is 0 Å². The van der Waals surface area contributed by atoms with Crippen LogP contribution in [0.5, 0.6) is 5.75 Å². The standard InChI is InChI=1S/C14H13ClFNO4/c15-11-7-9(16)1-3-12(11)20-8-10-2-4-13(21-10)14(19)17-5-6-18/h1-4,7,18H,5-6,8H2,(H,17,19). The normalized spacial score (nSPS) is 10.4. The largest absolute Gasteiger partial charge is 0.484 e. The number of benzene rings is 1. The van der Waals surface area contributed by atoms with Crippen LogP contribution in [-0.4, -0.2) is 24.2 Å². The van der Waals surface area contributed by atoms with Crippen molar-refractivity contribution in [2.24, 2.45) is 0 Å². The zero-order valence-corrected chi connectivity index (χ0v) is 11.7. The summed E-state index contributed by atoms with van der Waals surface area (Å²) in [6.07, 6.45) is 0. The van der Waals surface area contributed by atoms with Crippen molar-refractivity contribution in [3.05, 3.63) is 52.7 Å². The highest BCUT2D eigenvalue weighted by molar-refractivity contribution is 6.32. The van der Waals surface area contributed by atoms with Crippen LogP contribution in [0.25, 0.3) is 0 Å². The molecule has 2 N–H and O–H groups in total. The Bertz CT molecular complexity index is 629. The summed E-state index contributed by atoms with van der Waals surface area (Å²) in [4.78, 5) is 11.6. The first kappa shape index (κ1) is 15.3. The van der Waals surface area contributed by atoms with E-state index in [0.29, 0.717) is 11.5 Å². The minimum absolute atomic E-state index is 0.0542. The van der Waals surface area contributed by atoms with Gasteiger partial charge in [0, 0.05) is 6.54 Å². The van der Waals surface area contributed by atoms with Gasteiger partial charge in [0.05, 0.1) is 11.6 Å². The van der Waals surface area contributed by atoms with Gasteiger partial charge in [0.2, 0.25) is 0 Å². The summed E-state index contributed by atoms with van der Waals surface area (Å²) in [5, 5.41) is 11.2. The molecule has 0 fully saturated rings. The van der Waals surface area contributed by atoms with Crippen molar-refractivity contribution in [2.75, 3.05) is 13.2 Å². The van der Waals surface area contributed by atoms with E-state index in [1.165, 1.54) is 18.2 Å². The Morgan fingerprint density at radius 1 is 1.38 bits per heavy atom. The minimum Gasteiger partial charge on any atom is -0.484 e. The van der Waals surface area contributed by atoms with Crippen molar-refractivity contribution < 1.29 is 23.4 Å². The molecule has 0 aliphatic rings. The van der Waals surface area contributed by atoms with Crippen LogP contribution in [0.15, 0.2) is 34.7 Å². The van der Waals surface area contributed by atoms with Crippen molar-refractivity contribution >= 4 is 17.5 Å². The SMILES string of the molecule is O=C(NCCO)c1ccc(COc2ccc(F)cc2Cl)o1. The number of rotatable bonds is 6. The fourth-order valence-electron chi connectivity index (χ4n) is 1.58. The van der Waals surface area contributed by atoms with E-state index < -0.39 is 11.7 Å². The van der Waals surface area contributed by atoms with Crippen LogP contribution in [-0.2, 0) is 6.61 Å². The van der Waals surface area contributed by atoms with Crippen molar-refractivity contribution in [1.82, 2.24) is 5.32 Å². The number of carbonyl (C=O) groups is 1. The van der Waals surface area contributed by atoms with Crippen LogP contribution in [0, 0.1) is 5.82 Å². The molecule has 0 spiro atoms. The molecule has 2 aromatic rings. The first-order valence-corrected chi connectivity index (χ1v) is 6.53. The monoisotopic (exact) mass is 313 g/mol. The van der Waals surface area contributed by atoms with Gasteiger partial charge in [-0.05, 0) is 30.3 Å². The van der Waals surface area contributed by atoms with Crippen LogP contribution < -0.4 is 10.1 Å². The molecule has 5 nitrogen and oxygen atoms in total. The van der Waals surface area contributed by atoms with E-state index in [4.69, 9.17) is 25.9 Å². The highest BCUT2D eigenvalue weighted by Crippen LogP contribution is 2.25. The third kappa shape index (κ3) is 4.21. The summed E-state index contributed by atoms with van der Waals surface area (Å²) in [6, 6.07) is 6.88. The summed E-state index contributed by atoms with van der Waals surface area (Å²) in [6.45, 7) is 0.0562. The lowest BCUT2D eigenvalue weighted by Gasteiger charge is -2.06. The molecule has 7 heteroatoms. The van der Waals surface area contributed by atoms with E-state index in [2.05, 4.69) is 5.32 Å². The van der Waals surface area contributed by atoms with Crippen molar-refractivity contribution in [2.45, 2.75) is 6.61 Å². The highest BCUT2D eigenvalue weighted by atomic mass is 35.5. The highest BCUT2D eigenvalue weighted by Gasteiger charge is 2.11. The summed E-state index contributed by atoms with van der Waals surface area (Å²) >= 11 is 5.83. The molecule has 0 saturated heterocycles. The Balaban J connectivity index is 1.95. The fourth-order valence-corrected chi connectivity index (χ4v) is 1.80. The maximum absolute atomic E-state index is 12.9. The van der Waals surface area contributed by atoms with Crippen LogP contribution in [0.1, 0.15) is 16.3 Å². The smallest absolute Gasteiger partial charge is 0.287 e. The molecule has 1 heterocycles. The number of furan rings is 1. The Labute approximate surface area is 125 Å². The van der Waals surface area contributed by atoms with Gasteiger partial charge in [0.25, 0.3) is 5.91 Å². The maximum Gasteiger partial charge on any atom is 0.287 e. The lowest BCUT2D eigenvalue weighted by Crippen LogP contribution is -2.25. The summed E-state index contributed by atoms with van der Waals surface area (Å²) in [7, 11) is 0. The average Bonchev–Trinajstić information content (AvgIpc) is 2.93. The van der Waals surface area contributed by atoms with Gasteiger partial charge in [-0.2, -0.15) is 0 Å². The van der Waals surface area contributed by atoms with Crippen molar-refractivity contribution in [3.8, 4) is 5.75 Å². The molecule has 21 heavy (non-hydrogen) atoms. The van der Waals surface area contributed by atoms with Crippen molar-refractivity contribution in [1.29, 1.82) is 0 Å². The van der Waals surface area contributed by atoms with E-state index in [0.717, 1.165) is 6.07 Å². The lowest BCUT2D eigenvalue weighted by molar-refractivity contribution is 0.0913. The second-order valence-electron chi connectivity index (χ2n) is 4.11. The lowest BCUT2D eigenvalue weighted by atomic mass is 10.3. The number of carbonyl (C=O) groups excluding carboxylic acids is 1. The van der Waals surface area contributed by atoms with Gasteiger partial charge in [-0.15, -0.1) is 0 Å². The first-order chi connectivity index (χ1) is 10.1. The molecular weight excluding hydrogens is 301 g/mol. The molecule has 1 aromatic carbocycles. The topological polar surface area (TPSA) is 71.7 Å². The Morgan fingerprint density at radius 3 is 2.90 bits per heavy atom. The van der Waals surface area contributed by atoms with E-state index in [9.17, 15) is 9.18 Å². The fraction of sp³-hybridized carbons (Fsp3) is 0.214. The van der Waals surface area contributed by atoms with E-state index in [1.807, 2.05) is 0 Å². The maximum atomic E-state index is 12.9. The quantitative estimate of drug-likeness (QED) is 0.859. The van der Waals surface area contributed by atoms with Gasteiger partial charge >= 0.3 is 0 Å². The summed E-state index contributed by atoms with van der Waals surface area (Å²) in [5.74, 6) is -0.0131. The predicted molar refractivity (Wildman–Crippen MR) is 73.9 cm³/mol. The molecule has 112 valence electrons. The molecular formula is C14H13ClFNO4. The third-order valence-electron chi connectivity index (χ3n) is 2.55. The van der Waals surface area contributed by atoms with Crippen LogP contribution in [0.2, 0.25) is 5.02 Å². The predicted octanol–water partition coefficient (Wildman–Crippen LogP) is 2.37.